The summed E-state index contributed by atoms with van der Waals surface area (Å²) in [5.41, 5.74) is -0.468. The van der Waals surface area contributed by atoms with Crippen molar-refractivity contribution in [1.29, 1.82) is 0 Å². The van der Waals surface area contributed by atoms with Gasteiger partial charge in [0.25, 0.3) is 0 Å². The first-order chi connectivity index (χ1) is 12.8. The second-order valence-electron chi connectivity index (χ2n) is 8.82. The summed E-state index contributed by atoms with van der Waals surface area (Å²) in [5, 5.41) is 6.45. The van der Waals surface area contributed by atoms with Crippen LogP contribution in [0.25, 0.3) is 0 Å². The highest BCUT2D eigenvalue weighted by atomic mass is 127. The van der Waals surface area contributed by atoms with Crippen molar-refractivity contribution in [2.45, 2.75) is 77.0 Å². The van der Waals surface area contributed by atoms with Gasteiger partial charge in [-0.1, -0.05) is 19.3 Å². The molecule has 1 unspecified atom stereocenters. The van der Waals surface area contributed by atoms with Crippen molar-refractivity contribution in [2.24, 2.45) is 4.99 Å². The predicted octanol–water partition coefficient (Wildman–Crippen LogP) is 3.04. The smallest absolute Gasteiger partial charge is 0.407 e. The number of nitrogens with one attached hydrogen (secondary N) is 2. The summed E-state index contributed by atoms with van der Waals surface area (Å²) in [4.78, 5) is 21.1. The number of likely N-dealkylation sites (tertiary alicyclic amines) is 1. The number of carbonyl (C=O) groups excluding carboxylic acids is 1. The molecule has 0 aromatic rings. The highest BCUT2D eigenvalue weighted by molar-refractivity contribution is 14.0. The number of guanidine groups is 1. The van der Waals surface area contributed by atoms with Crippen LogP contribution in [0, 0.1) is 0 Å². The molecule has 1 amide bonds. The normalized spacial score (nSPS) is 21.4. The molecule has 2 N–H and O–H groups in total. The Balaban J connectivity index is 0.00000392. The van der Waals surface area contributed by atoms with E-state index < -0.39 is 5.60 Å². The van der Waals surface area contributed by atoms with E-state index in [0.717, 1.165) is 44.6 Å². The molecule has 2 rings (SSSR count). The van der Waals surface area contributed by atoms with E-state index in [9.17, 15) is 4.79 Å². The molecule has 0 radical (unpaired) electrons. The van der Waals surface area contributed by atoms with Crippen LogP contribution in [0.2, 0.25) is 0 Å². The highest BCUT2D eigenvalue weighted by Gasteiger charge is 2.28. The molecule has 1 saturated heterocycles. The van der Waals surface area contributed by atoms with Crippen LogP contribution in [0.3, 0.4) is 0 Å². The monoisotopic (exact) mass is 509 g/mol. The third-order valence-electron chi connectivity index (χ3n) is 5.37. The van der Waals surface area contributed by atoms with Gasteiger partial charge in [0.1, 0.15) is 5.60 Å². The number of likely N-dealkylation sites (N-methyl/N-ethyl adjacent to an activating group) is 1. The minimum absolute atomic E-state index is 0. The Morgan fingerprint density at radius 2 is 1.89 bits per heavy atom. The molecule has 1 aliphatic heterocycles. The first kappa shape index (κ1) is 25.3. The van der Waals surface area contributed by atoms with Gasteiger partial charge in [-0.15, -0.1) is 24.0 Å². The summed E-state index contributed by atoms with van der Waals surface area (Å²) in [6, 6.07) is 0.833. The lowest BCUT2D eigenvalue weighted by Crippen LogP contribution is -2.46. The molecule has 1 atom stereocenters. The molecule has 0 aromatic heterocycles. The standard InChI is InChI=1S/C20H39N5O2.HI/c1-20(2,3)27-19(26)23-16-11-13-25(15-16)18(21-4)22-12-14-24(5)17-9-7-6-8-10-17;/h16-17H,6-15H2,1-5H3,(H,21,22)(H,23,26);1H. The maximum Gasteiger partial charge on any atom is 0.407 e. The Bertz CT molecular complexity index is 503. The van der Waals surface area contributed by atoms with E-state index in [-0.39, 0.29) is 36.1 Å². The lowest BCUT2D eigenvalue weighted by molar-refractivity contribution is 0.0507. The highest BCUT2D eigenvalue weighted by Crippen LogP contribution is 2.21. The number of nitrogens with zero attached hydrogens (tertiary/aromatic N) is 3. The van der Waals surface area contributed by atoms with Crippen molar-refractivity contribution in [3.63, 3.8) is 0 Å². The average Bonchev–Trinajstić information content (AvgIpc) is 3.05. The van der Waals surface area contributed by atoms with Crippen molar-refractivity contribution in [1.82, 2.24) is 20.4 Å². The van der Waals surface area contributed by atoms with Gasteiger partial charge in [-0.25, -0.2) is 4.79 Å². The molecule has 8 heteroatoms. The van der Waals surface area contributed by atoms with E-state index in [4.69, 9.17) is 4.74 Å². The van der Waals surface area contributed by atoms with Crippen molar-refractivity contribution < 1.29 is 9.53 Å². The minimum Gasteiger partial charge on any atom is -0.444 e. The number of hydrogen-bond acceptors (Lipinski definition) is 4. The lowest BCUT2D eigenvalue weighted by Gasteiger charge is -2.31. The maximum atomic E-state index is 12.0. The number of halogens is 1. The summed E-state index contributed by atoms with van der Waals surface area (Å²) < 4.78 is 5.35. The van der Waals surface area contributed by atoms with Crippen LogP contribution < -0.4 is 10.6 Å². The van der Waals surface area contributed by atoms with E-state index in [1.807, 2.05) is 27.8 Å². The van der Waals surface area contributed by atoms with Gasteiger partial charge in [0, 0.05) is 39.3 Å². The van der Waals surface area contributed by atoms with E-state index in [0.29, 0.717) is 0 Å². The minimum atomic E-state index is -0.468. The molecule has 7 nitrogen and oxygen atoms in total. The second kappa shape index (κ2) is 12.0. The summed E-state index contributed by atoms with van der Waals surface area (Å²) >= 11 is 0. The molecular weight excluding hydrogens is 469 g/mol. The fourth-order valence-corrected chi connectivity index (χ4v) is 3.93. The number of rotatable bonds is 5. The molecule has 2 fully saturated rings. The van der Waals surface area contributed by atoms with Crippen LogP contribution >= 0.6 is 24.0 Å². The molecule has 0 bridgehead atoms. The summed E-state index contributed by atoms with van der Waals surface area (Å²) in [5.74, 6) is 0.917. The number of alkyl carbamates (subject to hydrolysis) is 1. The van der Waals surface area contributed by atoms with Crippen LogP contribution in [-0.2, 0) is 4.74 Å². The summed E-state index contributed by atoms with van der Waals surface area (Å²) in [6.07, 6.45) is 7.34. The van der Waals surface area contributed by atoms with Gasteiger partial charge in [-0.2, -0.15) is 0 Å². The molecule has 0 spiro atoms. The quantitative estimate of drug-likeness (QED) is 0.339. The van der Waals surface area contributed by atoms with Gasteiger partial charge in [0.15, 0.2) is 5.96 Å². The van der Waals surface area contributed by atoms with E-state index in [1.165, 1.54) is 32.1 Å². The number of aliphatic imine (C=N–C) groups is 1. The number of amides is 1. The van der Waals surface area contributed by atoms with Crippen molar-refractivity contribution in [3.05, 3.63) is 0 Å². The summed E-state index contributed by atoms with van der Waals surface area (Å²) in [7, 11) is 4.05. The molecule has 2 aliphatic rings. The predicted molar refractivity (Wildman–Crippen MR) is 126 cm³/mol. The zero-order valence-corrected chi connectivity index (χ0v) is 20.6. The fourth-order valence-electron chi connectivity index (χ4n) is 3.93. The van der Waals surface area contributed by atoms with Gasteiger partial charge >= 0.3 is 6.09 Å². The van der Waals surface area contributed by atoms with Crippen LogP contribution in [-0.4, -0.2) is 79.8 Å². The molecule has 1 saturated carbocycles. The first-order valence-corrected chi connectivity index (χ1v) is 10.4. The van der Waals surface area contributed by atoms with E-state index >= 15 is 0 Å². The lowest BCUT2D eigenvalue weighted by atomic mass is 9.94. The largest absolute Gasteiger partial charge is 0.444 e. The van der Waals surface area contributed by atoms with E-state index in [1.54, 1.807) is 0 Å². The zero-order valence-electron chi connectivity index (χ0n) is 18.3. The van der Waals surface area contributed by atoms with Crippen LogP contribution in [0.1, 0.15) is 59.3 Å². The zero-order chi connectivity index (χ0) is 19.9. The SMILES string of the molecule is CN=C(NCCN(C)C1CCCCC1)N1CCC(NC(=O)OC(C)(C)C)C1.I. The Hall–Kier alpha value is -0.770. The third kappa shape index (κ3) is 8.71. The van der Waals surface area contributed by atoms with Crippen LogP contribution in [0.15, 0.2) is 4.99 Å². The second-order valence-corrected chi connectivity index (χ2v) is 8.82. The molecule has 0 aromatic carbocycles. The van der Waals surface area contributed by atoms with E-state index in [2.05, 4.69) is 32.5 Å². The topological polar surface area (TPSA) is 69.2 Å². The molecule has 164 valence electrons. The maximum absolute atomic E-state index is 12.0. The summed E-state index contributed by atoms with van der Waals surface area (Å²) in [6.45, 7) is 9.20. The molecular formula is C20H40IN5O2. The Morgan fingerprint density at radius 1 is 1.21 bits per heavy atom. The van der Waals surface area contributed by atoms with Crippen molar-refractivity contribution in [2.75, 3.05) is 40.3 Å². The molecule has 1 heterocycles. The Kier molecular flexibility index (Phi) is 10.9. The van der Waals surface area contributed by atoms with Gasteiger partial charge in [-0.3, -0.25) is 4.99 Å². The average molecular weight is 509 g/mol. The number of carbonyl (C=O) groups is 1. The van der Waals surface area contributed by atoms with Crippen LogP contribution in [0.5, 0.6) is 0 Å². The third-order valence-corrected chi connectivity index (χ3v) is 5.37. The fraction of sp³-hybridized carbons (Fsp3) is 0.900. The van der Waals surface area contributed by atoms with Gasteiger partial charge < -0.3 is 25.2 Å². The van der Waals surface area contributed by atoms with Crippen molar-refractivity contribution >= 4 is 36.0 Å². The first-order valence-electron chi connectivity index (χ1n) is 10.4. The van der Waals surface area contributed by atoms with Crippen LogP contribution in [0.4, 0.5) is 4.79 Å². The number of hydrogen-bond donors (Lipinski definition) is 2. The van der Waals surface area contributed by atoms with Gasteiger partial charge in [-0.05, 0) is 47.1 Å². The Morgan fingerprint density at radius 3 is 2.50 bits per heavy atom. The number of ether oxygens (including phenoxy) is 1. The molecule has 1 aliphatic carbocycles. The van der Waals surface area contributed by atoms with Gasteiger partial charge in [0.2, 0.25) is 0 Å². The van der Waals surface area contributed by atoms with Gasteiger partial charge in [0.05, 0.1) is 6.04 Å². The molecule has 28 heavy (non-hydrogen) atoms. The Labute approximate surface area is 188 Å². The van der Waals surface area contributed by atoms with Crippen molar-refractivity contribution in [3.8, 4) is 0 Å².